The minimum Gasteiger partial charge on any atom is -0.455 e. The number of rotatable bonds is 7. The Kier molecular flexibility index (Phi) is 7.30. The van der Waals surface area contributed by atoms with Gasteiger partial charge in [0.1, 0.15) is 12.3 Å². The summed E-state index contributed by atoms with van der Waals surface area (Å²) in [6.07, 6.45) is 0. The predicted molar refractivity (Wildman–Crippen MR) is 111 cm³/mol. The molecule has 1 atom stereocenters. The maximum Gasteiger partial charge on any atom is 0.278 e. The number of quaternary nitrogens is 2. The third kappa shape index (κ3) is 6.06. The molecule has 0 radical (unpaired) electrons. The minimum atomic E-state index is 0.0420. The Bertz CT molecular complexity index is 829. The summed E-state index contributed by atoms with van der Waals surface area (Å²) in [5, 5.41) is 3.35. The van der Waals surface area contributed by atoms with Crippen LogP contribution in [0.2, 0.25) is 5.02 Å². The van der Waals surface area contributed by atoms with E-state index in [2.05, 4.69) is 5.32 Å². The van der Waals surface area contributed by atoms with Gasteiger partial charge in [-0.15, -0.1) is 0 Å². The fourth-order valence-corrected chi connectivity index (χ4v) is 3.66. The lowest BCUT2D eigenvalue weighted by Gasteiger charge is -2.32. The Morgan fingerprint density at radius 2 is 1.86 bits per heavy atom. The van der Waals surface area contributed by atoms with E-state index in [4.69, 9.17) is 16.0 Å². The summed E-state index contributed by atoms with van der Waals surface area (Å²) in [6, 6.07) is 11.4. The van der Waals surface area contributed by atoms with Crippen LogP contribution in [0.5, 0.6) is 0 Å². The number of amides is 2. The van der Waals surface area contributed by atoms with Gasteiger partial charge in [0.2, 0.25) is 0 Å². The van der Waals surface area contributed by atoms with Gasteiger partial charge in [-0.25, -0.2) is 0 Å². The SMILES string of the molecule is CNC(=O)C[NH+]1CCN(C(=O)C[NH+](C)Cc2ccc(-c3ccc(Cl)cc3)o2)CC1. The average Bonchev–Trinajstić information content (AvgIpc) is 3.17. The number of piperazine rings is 1. The number of hydrogen-bond acceptors (Lipinski definition) is 3. The zero-order chi connectivity index (χ0) is 20.8. The number of furan rings is 1. The Labute approximate surface area is 176 Å². The molecule has 0 bridgehead atoms. The Balaban J connectivity index is 1.46. The predicted octanol–water partition coefficient (Wildman–Crippen LogP) is -0.912. The maximum atomic E-state index is 12.6. The van der Waals surface area contributed by atoms with Crippen LogP contribution in [0.3, 0.4) is 0 Å². The molecule has 29 heavy (non-hydrogen) atoms. The molecule has 1 aliphatic rings. The van der Waals surface area contributed by atoms with E-state index >= 15 is 0 Å². The first-order chi connectivity index (χ1) is 13.9. The van der Waals surface area contributed by atoms with Crippen LogP contribution in [0.1, 0.15) is 5.76 Å². The number of carbonyl (C=O) groups excluding carboxylic acids is 2. The Morgan fingerprint density at radius 3 is 2.52 bits per heavy atom. The number of likely N-dealkylation sites (N-methyl/N-ethyl adjacent to an activating group) is 2. The van der Waals surface area contributed by atoms with Crippen LogP contribution in [0, 0.1) is 0 Å². The molecule has 7 nitrogen and oxygen atoms in total. The van der Waals surface area contributed by atoms with Crippen molar-refractivity contribution in [1.29, 1.82) is 0 Å². The topological polar surface area (TPSA) is 71.4 Å². The highest BCUT2D eigenvalue weighted by atomic mass is 35.5. The van der Waals surface area contributed by atoms with E-state index in [1.54, 1.807) is 7.05 Å². The second-order valence-corrected chi connectivity index (χ2v) is 8.00. The molecule has 1 fully saturated rings. The maximum absolute atomic E-state index is 12.6. The van der Waals surface area contributed by atoms with Crippen molar-refractivity contribution in [3.05, 3.63) is 47.2 Å². The van der Waals surface area contributed by atoms with Crippen molar-refractivity contribution in [3.63, 3.8) is 0 Å². The van der Waals surface area contributed by atoms with Gasteiger partial charge >= 0.3 is 0 Å². The molecule has 0 aliphatic carbocycles. The summed E-state index contributed by atoms with van der Waals surface area (Å²) in [5.74, 6) is 1.83. The molecular formula is C21H29ClN4O3+2. The van der Waals surface area contributed by atoms with Gasteiger partial charge in [0.25, 0.3) is 11.8 Å². The molecule has 1 aromatic heterocycles. The zero-order valence-electron chi connectivity index (χ0n) is 17.0. The number of nitrogens with one attached hydrogen (secondary N) is 3. The molecule has 0 saturated carbocycles. The minimum absolute atomic E-state index is 0.0420. The van der Waals surface area contributed by atoms with Crippen molar-refractivity contribution in [2.75, 3.05) is 53.4 Å². The average molecular weight is 421 g/mol. The zero-order valence-corrected chi connectivity index (χ0v) is 17.7. The highest BCUT2D eigenvalue weighted by Crippen LogP contribution is 2.23. The van der Waals surface area contributed by atoms with Gasteiger partial charge in [-0.3, -0.25) is 9.59 Å². The summed E-state index contributed by atoms with van der Waals surface area (Å²) in [6.45, 7) is 4.53. The first-order valence-electron chi connectivity index (χ1n) is 9.92. The lowest BCUT2D eigenvalue weighted by molar-refractivity contribution is -0.897. The van der Waals surface area contributed by atoms with Crippen molar-refractivity contribution in [3.8, 4) is 11.3 Å². The molecule has 2 heterocycles. The Hall–Kier alpha value is -2.35. The summed E-state index contributed by atoms with van der Waals surface area (Å²) < 4.78 is 5.94. The number of halogens is 1. The number of hydrogen-bond donors (Lipinski definition) is 3. The summed E-state index contributed by atoms with van der Waals surface area (Å²) in [4.78, 5) is 28.3. The van der Waals surface area contributed by atoms with Gasteiger partial charge in [-0.2, -0.15) is 0 Å². The van der Waals surface area contributed by atoms with Crippen LogP contribution in [0.4, 0.5) is 0 Å². The molecule has 2 amide bonds. The third-order valence-electron chi connectivity index (χ3n) is 5.23. The van der Waals surface area contributed by atoms with Crippen LogP contribution in [-0.2, 0) is 16.1 Å². The third-order valence-corrected chi connectivity index (χ3v) is 5.48. The fourth-order valence-electron chi connectivity index (χ4n) is 3.54. The van der Waals surface area contributed by atoms with Crippen LogP contribution >= 0.6 is 11.6 Å². The number of nitrogens with zero attached hydrogens (tertiary/aromatic N) is 1. The van der Waals surface area contributed by atoms with Gasteiger partial charge in [-0.05, 0) is 36.4 Å². The van der Waals surface area contributed by atoms with E-state index in [1.807, 2.05) is 48.3 Å². The van der Waals surface area contributed by atoms with E-state index < -0.39 is 0 Å². The first kappa shape index (κ1) is 21.4. The van der Waals surface area contributed by atoms with Gasteiger partial charge in [0.05, 0.1) is 33.2 Å². The molecular weight excluding hydrogens is 392 g/mol. The standard InChI is InChI=1S/C21H27ClN4O3/c1-23-20(27)14-25-9-11-26(12-10-25)21(28)15-24(2)13-18-7-8-19(29-18)16-3-5-17(22)6-4-16/h3-8H,9-15H2,1-2H3,(H,23,27)/p+2. The van der Waals surface area contributed by atoms with Gasteiger partial charge in [-0.1, -0.05) is 11.6 Å². The summed E-state index contributed by atoms with van der Waals surface area (Å²) >= 11 is 5.93. The molecule has 1 saturated heterocycles. The molecule has 1 aliphatic heterocycles. The fraction of sp³-hybridized carbons (Fsp3) is 0.429. The number of carbonyl (C=O) groups is 2. The van der Waals surface area contributed by atoms with Gasteiger partial charge in [0.15, 0.2) is 18.8 Å². The molecule has 3 rings (SSSR count). The first-order valence-corrected chi connectivity index (χ1v) is 10.3. The summed E-state index contributed by atoms with van der Waals surface area (Å²) in [7, 11) is 3.65. The second-order valence-electron chi connectivity index (χ2n) is 7.56. The lowest BCUT2D eigenvalue weighted by atomic mass is 10.2. The highest BCUT2D eigenvalue weighted by molar-refractivity contribution is 6.30. The Morgan fingerprint density at radius 1 is 1.17 bits per heavy atom. The van der Waals surface area contributed by atoms with Gasteiger partial charge < -0.3 is 24.4 Å². The van der Waals surface area contributed by atoms with Crippen molar-refractivity contribution < 1.29 is 23.8 Å². The van der Waals surface area contributed by atoms with Crippen molar-refractivity contribution in [2.24, 2.45) is 0 Å². The summed E-state index contributed by atoms with van der Waals surface area (Å²) in [5.41, 5.74) is 0.978. The highest BCUT2D eigenvalue weighted by Gasteiger charge is 2.26. The van der Waals surface area contributed by atoms with E-state index in [-0.39, 0.29) is 11.8 Å². The quantitative estimate of drug-likeness (QED) is 0.543. The molecule has 8 heteroatoms. The van der Waals surface area contributed by atoms with Crippen molar-refractivity contribution in [2.45, 2.75) is 6.54 Å². The molecule has 1 unspecified atom stereocenters. The van der Waals surface area contributed by atoms with E-state index in [1.165, 1.54) is 4.90 Å². The van der Waals surface area contributed by atoms with Crippen LogP contribution < -0.4 is 15.1 Å². The van der Waals surface area contributed by atoms with Crippen molar-refractivity contribution in [1.82, 2.24) is 10.2 Å². The van der Waals surface area contributed by atoms with Crippen molar-refractivity contribution >= 4 is 23.4 Å². The van der Waals surface area contributed by atoms with E-state index in [0.29, 0.717) is 37.7 Å². The van der Waals surface area contributed by atoms with E-state index in [9.17, 15) is 9.59 Å². The lowest BCUT2D eigenvalue weighted by Crippen LogP contribution is -3.16. The van der Waals surface area contributed by atoms with E-state index in [0.717, 1.165) is 35.1 Å². The molecule has 0 spiro atoms. The monoisotopic (exact) mass is 420 g/mol. The van der Waals surface area contributed by atoms with Crippen LogP contribution in [0.25, 0.3) is 11.3 Å². The smallest absolute Gasteiger partial charge is 0.278 e. The van der Waals surface area contributed by atoms with Gasteiger partial charge in [0, 0.05) is 17.6 Å². The van der Waals surface area contributed by atoms with Crippen LogP contribution in [-0.4, -0.2) is 70.1 Å². The molecule has 2 aromatic rings. The van der Waals surface area contributed by atoms with Crippen LogP contribution in [0.15, 0.2) is 40.8 Å². The number of benzene rings is 1. The normalized spacial score (nSPS) is 15.9. The molecule has 1 aromatic carbocycles. The second kappa shape index (κ2) is 9.91. The molecule has 3 N–H and O–H groups in total. The molecule has 156 valence electrons. The largest absolute Gasteiger partial charge is 0.455 e.